The fraction of sp³-hybridized carbons (Fsp3) is 0.467. The van der Waals surface area contributed by atoms with Crippen LogP contribution in [-0.2, 0) is 25.9 Å². The van der Waals surface area contributed by atoms with Crippen molar-refractivity contribution in [3.8, 4) is 5.75 Å². The lowest BCUT2D eigenvalue weighted by Gasteiger charge is -2.29. The van der Waals surface area contributed by atoms with Crippen LogP contribution in [0.25, 0.3) is 11.1 Å². The third-order valence-corrected chi connectivity index (χ3v) is 7.41. The normalized spacial score (nSPS) is 17.6. The molecule has 1 fully saturated rings. The Morgan fingerprint density at radius 3 is 2.43 bits per heavy atom. The average molecular weight is 589 g/mol. The Morgan fingerprint density at radius 1 is 1.10 bits per heavy atom. The van der Waals surface area contributed by atoms with E-state index in [2.05, 4.69) is 10.00 Å². The van der Waals surface area contributed by atoms with E-state index in [9.17, 15) is 22.8 Å². The molecule has 9 nitrogen and oxygen atoms in total. The first kappa shape index (κ1) is 29.7. The van der Waals surface area contributed by atoms with Gasteiger partial charge in [0.25, 0.3) is 5.91 Å². The summed E-state index contributed by atoms with van der Waals surface area (Å²) in [5.74, 6) is -0.549. The van der Waals surface area contributed by atoms with Crippen molar-refractivity contribution < 1.29 is 37.0 Å². The lowest BCUT2D eigenvalue weighted by molar-refractivity contribution is -0.140. The molecule has 2 aromatic heterocycles. The van der Waals surface area contributed by atoms with Crippen molar-refractivity contribution in [1.29, 1.82) is 0 Å². The molecule has 0 bridgehead atoms. The predicted molar refractivity (Wildman–Crippen MR) is 149 cm³/mol. The van der Waals surface area contributed by atoms with Gasteiger partial charge < -0.3 is 19.1 Å². The second-order valence-corrected chi connectivity index (χ2v) is 11.4. The van der Waals surface area contributed by atoms with Crippen molar-refractivity contribution in [2.75, 3.05) is 46.0 Å². The van der Waals surface area contributed by atoms with E-state index in [1.807, 2.05) is 0 Å². The number of benzene rings is 1. The van der Waals surface area contributed by atoms with Gasteiger partial charge in [-0.25, -0.2) is 4.79 Å². The van der Waals surface area contributed by atoms with Crippen molar-refractivity contribution >= 4 is 23.0 Å². The van der Waals surface area contributed by atoms with Crippen molar-refractivity contribution in [3.05, 3.63) is 65.1 Å². The summed E-state index contributed by atoms with van der Waals surface area (Å²) in [7, 11) is 0. The molecular weight excluding hydrogens is 553 g/mol. The van der Waals surface area contributed by atoms with Gasteiger partial charge >= 0.3 is 12.1 Å². The number of rotatable bonds is 7. The Kier molecular flexibility index (Phi) is 8.13. The van der Waals surface area contributed by atoms with E-state index in [0.29, 0.717) is 31.1 Å². The van der Waals surface area contributed by atoms with Crippen LogP contribution in [0.15, 0.2) is 42.7 Å². The molecule has 12 heteroatoms. The molecule has 1 N–H and O–H groups in total. The number of esters is 1. The molecule has 0 spiro atoms. The van der Waals surface area contributed by atoms with Gasteiger partial charge in [0.2, 0.25) is 0 Å². The number of carbonyl (C=O) groups excluding carboxylic acids is 2. The number of hydrogen-bond donors (Lipinski definition) is 1. The number of aromatic amines is 1. The fourth-order valence-electron chi connectivity index (χ4n) is 5.47. The fourth-order valence-corrected chi connectivity index (χ4v) is 5.47. The highest BCUT2D eigenvalue weighted by Crippen LogP contribution is 2.43. The van der Waals surface area contributed by atoms with Crippen LogP contribution in [0.4, 0.5) is 13.2 Å². The quantitative estimate of drug-likeness (QED) is 0.402. The molecule has 42 heavy (non-hydrogen) atoms. The highest BCUT2D eigenvalue weighted by molar-refractivity contribution is 6.17. The van der Waals surface area contributed by atoms with Crippen LogP contribution in [-0.4, -0.2) is 83.4 Å². The third kappa shape index (κ3) is 6.05. The number of carbonyl (C=O) groups is 2. The van der Waals surface area contributed by atoms with E-state index < -0.39 is 35.1 Å². The van der Waals surface area contributed by atoms with E-state index >= 15 is 0 Å². The number of halogens is 3. The molecule has 1 saturated heterocycles. The van der Waals surface area contributed by atoms with Crippen LogP contribution in [0.2, 0.25) is 0 Å². The molecule has 0 saturated carbocycles. The largest absolute Gasteiger partial charge is 0.492 e. The Hall–Kier alpha value is -3.77. The highest BCUT2D eigenvalue weighted by atomic mass is 19.4. The van der Waals surface area contributed by atoms with Crippen molar-refractivity contribution in [1.82, 2.24) is 19.4 Å². The van der Waals surface area contributed by atoms with Gasteiger partial charge in [-0.15, -0.1) is 0 Å². The highest BCUT2D eigenvalue weighted by Gasteiger charge is 2.42. The van der Waals surface area contributed by atoms with Crippen molar-refractivity contribution in [2.24, 2.45) is 0 Å². The molecule has 0 atom stereocenters. The molecule has 0 aliphatic carbocycles. The number of H-pyrrole nitrogens is 1. The maximum atomic E-state index is 14.0. The van der Waals surface area contributed by atoms with E-state index in [0.717, 1.165) is 25.7 Å². The van der Waals surface area contributed by atoms with E-state index in [-0.39, 0.29) is 28.9 Å². The SMILES string of the molecule is CC(C)OC(=O)C1=CN(C(=O)c2ccc(OCCN3CCOCC3)cc2)CC(C)(C)c2c1[nH]n1ccc(C(F)(F)F)c21. The van der Waals surface area contributed by atoms with E-state index in [1.165, 1.54) is 21.8 Å². The minimum Gasteiger partial charge on any atom is -0.492 e. The summed E-state index contributed by atoms with van der Waals surface area (Å²) in [5.41, 5.74) is -1.11. The summed E-state index contributed by atoms with van der Waals surface area (Å²) >= 11 is 0. The summed E-state index contributed by atoms with van der Waals surface area (Å²) in [4.78, 5) is 30.6. The zero-order chi connectivity index (χ0) is 30.2. The molecule has 1 aromatic carbocycles. The molecule has 4 heterocycles. The number of fused-ring (bicyclic) bond motifs is 3. The molecule has 3 aromatic rings. The zero-order valence-electron chi connectivity index (χ0n) is 24.1. The molecule has 0 radical (unpaired) electrons. The average Bonchev–Trinajstić information content (AvgIpc) is 3.47. The van der Waals surface area contributed by atoms with Crippen LogP contribution in [0.5, 0.6) is 5.75 Å². The number of aromatic nitrogens is 2. The van der Waals surface area contributed by atoms with Gasteiger partial charge in [0.05, 0.1) is 36.1 Å². The molecule has 2 aliphatic rings. The maximum Gasteiger partial charge on any atom is 0.418 e. The molecule has 0 unspecified atom stereocenters. The Labute approximate surface area is 241 Å². The second kappa shape index (κ2) is 11.5. The van der Waals surface area contributed by atoms with Gasteiger partial charge in [0.1, 0.15) is 17.9 Å². The monoisotopic (exact) mass is 588 g/mol. The minimum atomic E-state index is -4.61. The summed E-state index contributed by atoms with van der Waals surface area (Å²) in [6, 6.07) is 7.67. The Morgan fingerprint density at radius 2 is 1.79 bits per heavy atom. The Balaban J connectivity index is 1.44. The first-order valence-corrected chi connectivity index (χ1v) is 13.9. The third-order valence-electron chi connectivity index (χ3n) is 7.41. The number of alkyl halides is 3. The lowest BCUT2D eigenvalue weighted by Crippen LogP contribution is -2.38. The molecule has 5 rings (SSSR count). The first-order chi connectivity index (χ1) is 19.8. The smallest absolute Gasteiger partial charge is 0.418 e. The number of amides is 1. The predicted octanol–water partition coefficient (Wildman–Crippen LogP) is 4.72. The second-order valence-electron chi connectivity index (χ2n) is 11.4. The van der Waals surface area contributed by atoms with Crippen LogP contribution >= 0.6 is 0 Å². The van der Waals surface area contributed by atoms with Crippen LogP contribution < -0.4 is 4.74 Å². The van der Waals surface area contributed by atoms with Crippen LogP contribution in [0, 0.1) is 0 Å². The molecule has 2 aliphatic heterocycles. The minimum absolute atomic E-state index is 0.0189. The number of hydrogen-bond acceptors (Lipinski definition) is 6. The maximum absolute atomic E-state index is 14.0. The van der Waals surface area contributed by atoms with E-state index in [1.54, 1.807) is 52.0 Å². The number of nitrogens with zero attached hydrogens (tertiary/aromatic N) is 3. The number of morpholine rings is 1. The summed E-state index contributed by atoms with van der Waals surface area (Å²) < 4.78 is 59.9. The molecule has 1 amide bonds. The Bertz CT molecular complexity index is 1480. The lowest BCUT2D eigenvalue weighted by atomic mass is 9.82. The summed E-state index contributed by atoms with van der Waals surface area (Å²) in [6.07, 6.45) is -2.44. The van der Waals surface area contributed by atoms with Crippen LogP contribution in [0.1, 0.15) is 54.9 Å². The van der Waals surface area contributed by atoms with Gasteiger partial charge in [0.15, 0.2) is 0 Å². The van der Waals surface area contributed by atoms with Gasteiger partial charge in [-0.05, 0) is 44.2 Å². The summed E-state index contributed by atoms with van der Waals surface area (Å²) in [6.45, 7) is 11.3. The topological polar surface area (TPSA) is 88.5 Å². The van der Waals surface area contributed by atoms with Gasteiger partial charge in [0, 0.05) is 55.1 Å². The molecular formula is C30H35F3N4O5. The molecule has 226 valence electrons. The van der Waals surface area contributed by atoms with Crippen molar-refractivity contribution in [2.45, 2.75) is 45.4 Å². The van der Waals surface area contributed by atoms with Crippen molar-refractivity contribution in [3.63, 3.8) is 0 Å². The summed E-state index contributed by atoms with van der Waals surface area (Å²) in [5, 5.41) is 2.94. The number of nitrogens with one attached hydrogen (secondary N) is 1. The van der Waals surface area contributed by atoms with Gasteiger partial charge in [-0.1, -0.05) is 13.8 Å². The van der Waals surface area contributed by atoms with Gasteiger partial charge in [-0.3, -0.25) is 19.3 Å². The number of ether oxygens (including phenoxy) is 3. The van der Waals surface area contributed by atoms with Gasteiger partial charge in [-0.2, -0.15) is 13.2 Å². The standard InChI is InChI=1S/C30H35F3N4O5/c1-19(2)42-28(39)22-17-36(18-29(3,4)24-25(22)34-37-10-9-23(26(24)37)30(31,32)33)27(38)20-5-7-21(8-6-20)41-16-13-35-11-14-40-15-12-35/h5-10,17,19,34H,11-16,18H2,1-4H3. The van der Waals surface area contributed by atoms with E-state index in [4.69, 9.17) is 14.2 Å². The first-order valence-electron chi connectivity index (χ1n) is 13.9. The zero-order valence-corrected chi connectivity index (χ0v) is 24.1. The van der Waals surface area contributed by atoms with Crippen LogP contribution in [0.3, 0.4) is 0 Å².